The number of hydrogen-bond donors (Lipinski definition) is 3. The summed E-state index contributed by atoms with van der Waals surface area (Å²) in [6.07, 6.45) is 0. The first-order valence-corrected chi connectivity index (χ1v) is 10.5. The molecule has 0 aliphatic carbocycles. The monoisotopic (exact) mass is 444 g/mol. The number of aryl methyl sites for hydroxylation is 1. The fourth-order valence-electron chi connectivity index (χ4n) is 3.90. The topological polar surface area (TPSA) is 104 Å². The van der Waals surface area contributed by atoms with Crippen molar-refractivity contribution in [3.63, 3.8) is 0 Å². The number of nitrogens with two attached hydrogens (primary N) is 1. The molecule has 0 aliphatic heterocycles. The molecule has 0 atom stereocenters. The van der Waals surface area contributed by atoms with Crippen molar-refractivity contribution in [2.45, 2.75) is 13.5 Å². The number of nitrogen functional groups attached to an aromatic ring is 1. The molecule has 0 bridgehead atoms. The maximum atomic E-state index is 13.0. The molecule has 0 unspecified atom stereocenters. The van der Waals surface area contributed by atoms with Crippen molar-refractivity contribution in [1.29, 1.82) is 0 Å². The number of fused-ring (bicyclic) bond motifs is 2. The van der Waals surface area contributed by atoms with Gasteiger partial charge in [-0.1, -0.05) is 23.7 Å². The fourth-order valence-corrected chi connectivity index (χ4v) is 4.03. The number of carbonyl (C=O) groups excluding carboxylic acids is 1. The highest BCUT2D eigenvalue weighted by molar-refractivity contribution is 6.30. The Hall–Kier alpha value is -3.84. The van der Waals surface area contributed by atoms with Crippen LogP contribution in [0.3, 0.4) is 0 Å². The first kappa shape index (κ1) is 20.1. The van der Waals surface area contributed by atoms with Crippen molar-refractivity contribution in [2.75, 3.05) is 12.8 Å². The summed E-state index contributed by atoms with van der Waals surface area (Å²) in [4.78, 5) is 30.1. The first-order valence-electron chi connectivity index (χ1n) is 10.1. The highest BCUT2D eigenvalue weighted by Crippen LogP contribution is 2.31. The number of nitrogens with one attached hydrogen (secondary N) is 2. The van der Waals surface area contributed by atoms with E-state index in [2.05, 4.69) is 19.9 Å². The van der Waals surface area contributed by atoms with Gasteiger partial charge in [-0.25, -0.2) is 9.97 Å². The van der Waals surface area contributed by atoms with E-state index in [1.807, 2.05) is 61.5 Å². The lowest BCUT2D eigenvalue weighted by atomic mass is 10.1. The number of benzene rings is 2. The zero-order valence-electron chi connectivity index (χ0n) is 17.6. The van der Waals surface area contributed by atoms with Crippen molar-refractivity contribution in [2.24, 2.45) is 0 Å². The van der Waals surface area contributed by atoms with Gasteiger partial charge in [-0.05, 0) is 55.0 Å². The third kappa shape index (κ3) is 3.67. The van der Waals surface area contributed by atoms with Crippen molar-refractivity contribution in [1.82, 2.24) is 24.8 Å². The molecule has 5 rings (SSSR count). The molecule has 0 spiro atoms. The van der Waals surface area contributed by atoms with Gasteiger partial charge in [-0.15, -0.1) is 0 Å². The van der Waals surface area contributed by atoms with Gasteiger partial charge in [-0.2, -0.15) is 0 Å². The van der Waals surface area contributed by atoms with Gasteiger partial charge in [0.05, 0.1) is 5.52 Å². The summed E-state index contributed by atoms with van der Waals surface area (Å²) < 4.78 is 0. The molecule has 8 heteroatoms. The molecule has 0 radical (unpaired) electrons. The summed E-state index contributed by atoms with van der Waals surface area (Å²) in [5.41, 5.74) is 11.7. The molecule has 32 heavy (non-hydrogen) atoms. The van der Waals surface area contributed by atoms with E-state index in [4.69, 9.17) is 17.3 Å². The lowest BCUT2D eigenvalue weighted by Crippen LogP contribution is -2.26. The zero-order valence-corrected chi connectivity index (χ0v) is 18.4. The Morgan fingerprint density at radius 2 is 1.84 bits per heavy atom. The second-order valence-corrected chi connectivity index (χ2v) is 8.32. The van der Waals surface area contributed by atoms with E-state index in [0.29, 0.717) is 28.6 Å². The van der Waals surface area contributed by atoms with Crippen LogP contribution in [0.1, 0.15) is 21.7 Å². The summed E-state index contributed by atoms with van der Waals surface area (Å²) in [5, 5.41) is 1.61. The van der Waals surface area contributed by atoms with Crippen LogP contribution in [-0.2, 0) is 6.54 Å². The lowest BCUT2D eigenvalue weighted by Gasteiger charge is -2.17. The van der Waals surface area contributed by atoms with E-state index in [1.54, 1.807) is 11.9 Å². The van der Waals surface area contributed by atoms with Crippen molar-refractivity contribution in [3.05, 3.63) is 76.6 Å². The van der Waals surface area contributed by atoms with Crippen LogP contribution in [0.4, 0.5) is 5.82 Å². The van der Waals surface area contributed by atoms with Crippen LogP contribution >= 0.6 is 11.6 Å². The van der Waals surface area contributed by atoms with Crippen molar-refractivity contribution in [3.8, 4) is 11.3 Å². The van der Waals surface area contributed by atoms with Gasteiger partial charge in [0.15, 0.2) is 5.65 Å². The number of carbonyl (C=O) groups is 1. The molecule has 0 saturated heterocycles. The van der Waals surface area contributed by atoms with Gasteiger partial charge < -0.3 is 20.6 Å². The van der Waals surface area contributed by atoms with E-state index in [1.165, 1.54) is 0 Å². The molecule has 160 valence electrons. The van der Waals surface area contributed by atoms with Gasteiger partial charge >= 0.3 is 0 Å². The van der Waals surface area contributed by atoms with Crippen LogP contribution in [0.25, 0.3) is 33.3 Å². The standard InChI is InChI=1S/C24H21ClN6O/c1-13-27-22-18(11-21(26)30-23(22)28-13)20-10-16-9-15(5-8-19(16)29-20)24(32)31(2)12-14-3-6-17(25)7-4-14/h3-11,29H,12H2,1-2H3,(H3,26,27,28,30). The Morgan fingerprint density at radius 3 is 2.62 bits per heavy atom. The van der Waals surface area contributed by atoms with Crippen molar-refractivity contribution >= 4 is 45.4 Å². The largest absolute Gasteiger partial charge is 0.384 e. The van der Waals surface area contributed by atoms with Crippen LogP contribution in [-0.4, -0.2) is 37.8 Å². The second kappa shape index (κ2) is 7.69. The summed E-state index contributed by atoms with van der Waals surface area (Å²) >= 11 is 5.95. The number of rotatable bonds is 4. The molecule has 1 amide bonds. The maximum absolute atomic E-state index is 13.0. The quantitative estimate of drug-likeness (QED) is 0.366. The lowest BCUT2D eigenvalue weighted by molar-refractivity contribution is 0.0785. The second-order valence-electron chi connectivity index (χ2n) is 7.89. The van der Waals surface area contributed by atoms with Crippen LogP contribution < -0.4 is 5.73 Å². The highest BCUT2D eigenvalue weighted by atomic mass is 35.5. The van der Waals surface area contributed by atoms with Gasteiger partial charge in [0.2, 0.25) is 0 Å². The number of pyridine rings is 1. The van der Waals surface area contributed by atoms with Gasteiger partial charge in [0, 0.05) is 46.3 Å². The van der Waals surface area contributed by atoms with Crippen LogP contribution in [0, 0.1) is 6.92 Å². The maximum Gasteiger partial charge on any atom is 0.253 e. The van der Waals surface area contributed by atoms with Crippen molar-refractivity contribution < 1.29 is 4.79 Å². The number of anilines is 1. The molecule has 0 saturated carbocycles. The summed E-state index contributed by atoms with van der Waals surface area (Å²) in [6, 6.07) is 17.0. The summed E-state index contributed by atoms with van der Waals surface area (Å²) in [6.45, 7) is 2.38. The SMILES string of the molecule is Cc1nc2nc(N)cc(-c3cc4cc(C(=O)N(C)Cc5ccc(Cl)cc5)ccc4[nH]3)c2[nH]1. The molecule has 3 aromatic heterocycles. The predicted molar refractivity (Wildman–Crippen MR) is 128 cm³/mol. The predicted octanol–water partition coefficient (Wildman–Crippen LogP) is 4.92. The molecule has 0 aliphatic rings. The van der Waals surface area contributed by atoms with E-state index >= 15 is 0 Å². The smallest absolute Gasteiger partial charge is 0.253 e. The number of aromatic amines is 2. The molecule has 3 heterocycles. The number of aromatic nitrogens is 4. The molecule has 5 aromatic rings. The summed E-state index contributed by atoms with van der Waals surface area (Å²) in [7, 11) is 1.79. The Labute approximate surface area is 189 Å². The van der Waals surface area contributed by atoms with E-state index in [0.717, 1.165) is 39.1 Å². The van der Waals surface area contributed by atoms with E-state index in [9.17, 15) is 4.79 Å². The number of hydrogen-bond acceptors (Lipinski definition) is 4. The van der Waals surface area contributed by atoms with E-state index in [-0.39, 0.29) is 5.91 Å². The van der Waals surface area contributed by atoms with Crippen LogP contribution in [0.15, 0.2) is 54.6 Å². The minimum Gasteiger partial charge on any atom is -0.384 e. The van der Waals surface area contributed by atoms with Crippen LogP contribution in [0.5, 0.6) is 0 Å². The van der Waals surface area contributed by atoms with Gasteiger partial charge in [-0.3, -0.25) is 4.79 Å². The number of nitrogens with zero attached hydrogens (tertiary/aromatic N) is 3. The van der Waals surface area contributed by atoms with Crippen LogP contribution in [0.2, 0.25) is 5.02 Å². The average molecular weight is 445 g/mol. The van der Waals surface area contributed by atoms with E-state index < -0.39 is 0 Å². The summed E-state index contributed by atoms with van der Waals surface area (Å²) in [5.74, 6) is 1.12. The molecular weight excluding hydrogens is 424 g/mol. The number of amides is 1. The minimum absolute atomic E-state index is 0.0515. The Kier molecular flexibility index (Phi) is 4.83. The molecule has 7 nitrogen and oxygen atoms in total. The Bertz CT molecular complexity index is 1470. The number of imidazole rings is 1. The Morgan fingerprint density at radius 1 is 1.06 bits per heavy atom. The molecule has 4 N–H and O–H groups in total. The number of H-pyrrole nitrogens is 2. The fraction of sp³-hybridized carbons (Fsp3) is 0.125. The van der Waals surface area contributed by atoms with Gasteiger partial charge in [0.25, 0.3) is 5.91 Å². The highest BCUT2D eigenvalue weighted by Gasteiger charge is 2.16. The zero-order chi connectivity index (χ0) is 22.4. The third-order valence-corrected chi connectivity index (χ3v) is 5.69. The molecule has 2 aromatic carbocycles. The third-order valence-electron chi connectivity index (χ3n) is 5.44. The molecular formula is C24H21ClN6O. The molecule has 0 fully saturated rings. The first-order chi connectivity index (χ1) is 15.4. The normalized spacial score (nSPS) is 11.3. The Balaban J connectivity index is 1.47. The van der Waals surface area contributed by atoms with Gasteiger partial charge in [0.1, 0.15) is 11.6 Å². The average Bonchev–Trinajstić information content (AvgIpc) is 3.36. The number of halogens is 1. The minimum atomic E-state index is -0.0515.